The van der Waals surface area contributed by atoms with E-state index >= 15 is 0 Å². The highest BCUT2D eigenvalue weighted by Gasteiger charge is 2.22. The maximum Gasteiger partial charge on any atom is 0.222 e. The molecular weight excluding hydrogens is 340 g/mol. The lowest BCUT2D eigenvalue weighted by Gasteiger charge is -2.20. The second-order valence-electron chi connectivity index (χ2n) is 7.57. The Bertz CT molecular complexity index is 742. The van der Waals surface area contributed by atoms with E-state index in [2.05, 4.69) is 17.2 Å². The van der Waals surface area contributed by atoms with Crippen LogP contribution >= 0.6 is 0 Å². The van der Waals surface area contributed by atoms with Crippen LogP contribution < -0.4 is 0 Å². The lowest BCUT2D eigenvalue weighted by Crippen LogP contribution is -2.30. The fourth-order valence-corrected chi connectivity index (χ4v) is 3.55. The minimum atomic E-state index is -0.602. The minimum absolute atomic E-state index is 0.205. The van der Waals surface area contributed by atoms with Crippen LogP contribution in [-0.2, 0) is 24.3 Å². The van der Waals surface area contributed by atoms with E-state index in [1.54, 1.807) is 0 Å². The number of carbonyl (C=O) groups is 1. The Morgan fingerprint density at radius 2 is 2.04 bits per heavy atom. The van der Waals surface area contributed by atoms with E-state index in [4.69, 9.17) is 0 Å². The molecule has 1 aromatic carbocycles. The van der Waals surface area contributed by atoms with Gasteiger partial charge in [0, 0.05) is 26.1 Å². The van der Waals surface area contributed by atoms with Gasteiger partial charge in [-0.2, -0.15) is 5.10 Å². The van der Waals surface area contributed by atoms with Gasteiger partial charge in [-0.05, 0) is 45.0 Å². The second kappa shape index (κ2) is 9.15. The van der Waals surface area contributed by atoms with E-state index in [0.717, 1.165) is 38.0 Å². The standard InChI is InChI=1S/C21H30N4O2/c1-23(2)16-20(26)19-14-18-15-24(12-7-13-25(18)22-19)21(27)11-6-10-17-8-4-3-5-9-17/h3-5,8-9,14,20,26H,6-7,10-13,15-16H2,1-2H3. The Kier molecular flexibility index (Phi) is 6.63. The van der Waals surface area contributed by atoms with E-state index in [0.29, 0.717) is 25.2 Å². The van der Waals surface area contributed by atoms with Crippen LogP contribution in [-0.4, -0.2) is 57.8 Å². The molecule has 3 rings (SSSR count). The third kappa shape index (κ3) is 5.40. The first-order valence-corrected chi connectivity index (χ1v) is 9.74. The zero-order valence-corrected chi connectivity index (χ0v) is 16.3. The molecule has 1 N–H and O–H groups in total. The van der Waals surface area contributed by atoms with Crippen molar-refractivity contribution in [2.75, 3.05) is 27.2 Å². The van der Waals surface area contributed by atoms with Crippen molar-refractivity contribution >= 4 is 5.91 Å². The Balaban J connectivity index is 1.57. The van der Waals surface area contributed by atoms with Crippen LogP contribution in [0.4, 0.5) is 0 Å². The second-order valence-corrected chi connectivity index (χ2v) is 7.57. The van der Waals surface area contributed by atoms with Crippen molar-refractivity contribution in [3.05, 3.63) is 53.3 Å². The molecule has 0 bridgehead atoms. The molecule has 0 fully saturated rings. The molecule has 0 saturated heterocycles. The molecule has 27 heavy (non-hydrogen) atoms. The fraction of sp³-hybridized carbons (Fsp3) is 0.524. The Morgan fingerprint density at radius 3 is 2.78 bits per heavy atom. The number of amides is 1. The number of benzene rings is 1. The molecule has 1 unspecified atom stereocenters. The summed E-state index contributed by atoms with van der Waals surface area (Å²) in [5.41, 5.74) is 2.98. The topological polar surface area (TPSA) is 61.6 Å². The summed E-state index contributed by atoms with van der Waals surface area (Å²) in [6, 6.07) is 12.2. The first kappa shape index (κ1) is 19.6. The predicted molar refractivity (Wildman–Crippen MR) is 105 cm³/mol. The number of aromatic nitrogens is 2. The third-order valence-corrected chi connectivity index (χ3v) is 4.96. The number of likely N-dealkylation sites (N-methyl/N-ethyl adjacent to an activating group) is 1. The monoisotopic (exact) mass is 370 g/mol. The summed E-state index contributed by atoms with van der Waals surface area (Å²) >= 11 is 0. The molecule has 1 atom stereocenters. The van der Waals surface area contributed by atoms with Gasteiger partial charge in [-0.25, -0.2) is 0 Å². The van der Waals surface area contributed by atoms with Crippen molar-refractivity contribution in [2.45, 2.75) is 44.9 Å². The molecule has 1 aromatic heterocycles. The van der Waals surface area contributed by atoms with Gasteiger partial charge in [0.1, 0.15) is 6.10 Å². The highest BCUT2D eigenvalue weighted by Crippen LogP contribution is 2.19. The van der Waals surface area contributed by atoms with Crippen molar-refractivity contribution in [2.24, 2.45) is 0 Å². The fourth-order valence-electron chi connectivity index (χ4n) is 3.55. The van der Waals surface area contributed by atoms with Gasteiger partial charge in [0.05, 0.1) is 17.9 Å². The molecule has 1 aliphatic heterocycles. The van der Waals surface area contributed by atoms with E-state index in [1.165, 1.54) is 5.56 Å². The number of aryl methyl sites for hydroxylation is 2. The molecule has 146 valence electrons. The van der Waals surface area contributed by atoms with Crippen molar-refractivity contribution in [3.63, 3.8) is 0 Å². The van der Waals surface area contributed by atoms with Gasteiger partial charge >= 0.3 is 0 Å². The van der Waals surface area contributed by atoms with Crippen LogP contribution in [0.15, 0.2) is 36.4 Å². The van der Waals surface area contributed by atoms with E-state index in [1.807, 2.05) is 52.8 Å². The van der Waals surface area contributed by atoms with Crippen molar-refractivity contribution in [3.8, 4) is 0 Å². The lowest BCUT2D eigenvalue weighted by atomic mass is 10.1. The average molecular weight is 370 g/mol. The molecule has 0 aliphatic carbocycles. The van der Waals surface area contributed by atoms with Crippen LogP contribution in [0.2, 0.25) is 0 Å². The van der Waals surface area contributed by atoms with Crippen molar-refractivity contribution in [1.29, 1.82) is 0 Å². The molecule has 0 spiro atoms. The molecule has 0 radical (unpaired) electrons. The Hall–Kier alpha value is -2.18. The van der Waals surface area contributed by atoms with Gasteiger partial charge < -0.3 is 14.9 Å². The Morgan fingerprint density at radius 1 is 1.26 bits per heavy atom. The maximum atomic E-state index is 12.7. The summed E-state index contributed by atoms with van der Waals surface area (Å²) in [5, 5.41) is 14.9. The molecule has 0 saturated carbocycles. The van der Waals surface area contributed by atoms with E-state index in [-0.39, 0.29) is 5.91 Å². The zero-order valence-electron chi connectivity index (χ0n) is 16.3. The van der Waals surface area contributed by atoms with Gasteiger partial charge in [-0.15, -0.1) is 0 Å². The SMILES string of the molecule is CN(C)CC(O)c1cc2n(n1)CCCN(C(=O)CCCc1ccccc1)C2. The van der Waals surface area contributed by atoms with Crippen LogP contribution in [0.25, 0.3) is 0 Å². The quantitative estimate of drug-likeness (QED) is 0.812. The summed E-state index contributed by atoms with van der Waals surface area (Å²) in [5.74, 6) is 0.205. The summed E-state index contributed by atoms with van der Waals surface area (Å²) in [7, 11) is 3.86. The molecule has 1 aliphatic rings. The first-order valence-electron chi connectivity index (χ1n) is 9.74. The summed E-state index contributed by atoms with van der Waals surface area (Å²) in [6.45, 7) is 2.67. The van der Waals surface area contributed by atoms with E-state index in [9.17, 15) is 9.90 Å². The number of fused-ring (bicyclic) bond motifs is 1. The van der Waals surface area contributed by atoms with Crippen LogP contribution in [0, 0.1) is 0 Å². The smallest absolute Gasteiger partial charge is 0.222 e. The minimum Gasteiger partial charge on any atom is -0.385 e. The number of aliphatic hydroxyl groups is 1. The van der Waals surface area contributed by atoms with Crippen LogP contribution in [0.5, 0.6) is 0 Å². The number of rotatable bonds is 7. The largest absolute Gasteiger partial charge is 0.385 e. The summed E-state index contributed by atoms with van der Waals surface area (Å²) in [4.78, 5) is 16.6. The van der Waals surface area contributed by atoms with Crippen molar-refractivity contribution < 1.29 is 9.90 Å². The van der Waals surface area contributed by atoms with Crippen molar-refractivity contribution in [1.82, 2.24) is 19.6 Å². The normalized spacial score (nSPS) is 15.5. The van der Waals surface area contributed by atoms with Gasteiger partial charge in [-0.3, -0.25) is 9.48 Å². The third-order valence-electron chi connectivity index (χ3n) is 4.96. The number of hydrogen-bond acceptors (Lipinski definition) is 4. The molecule has 1 amide bonds. The summed E-state index contributed by atoms with van der Waals surface area (Å²) < 4.78 is 1.95. The van der Waals surface area contributed by atoms with Gasteiger partial charge in [-0.1, -0.05) is 30.3 Å². The van der Waals surface area contributed by atoms with Crippen LogP contribution in [0.1, 0.15) is 42.3 Å². The average Bonchev–Trinajstić information content (AvgIpc) is 2.94. The molecule has 2 aromatic rings. The predicted octanol–water partition coefficient (Wildman–Crippen LogP) is 2.23. The molecule has 2 heterocycles. The maximum absolute atomic E-state index is 12.7. The Labute approximate surface area is 161 Å². The zero-order chi connectivity index (χ0) is 19.2. The highest BCUT2D eigenvalue weighted by atomic mass is 16.3. The molecular formula is C21H30N4O2. The van der Waals surface area contributed by atoms with Gasteiger partial charge in [0.25, 0.3) is 0 Å². The number of carbonyl (C=O) groups excluding carboxylic acids is 1. The molecule has 6 nitrogen and oxygen atoms in total. The lowest BCUT2D eigenvalue weighted by molar-refractivity contribution is -0.131. The highest BCUT2D eigenvalue weighted by molar-refractivity contribution is 5.76. The number of aliphatic hydroxyl groups excluding tert-OH is 1. The summed E-state index contributed by atoms with van der Waals surface area (Å²) in [6.07, 6.45) is 2.65. The van der Waals surface area contributed by atoms with Gasteiger partial charge in [0.15, 0.2) is 0 Å². The van der Waals surface area contributed by atoms with Gasteiger partial charge in [0.2, 0.25) is 5.91 Å². The molecule has 6 heteroatoms. The van der Waals surface area contributed by atoms with Crippen LogP contribution in [0.3, 0.4) is 0 Å². The number of hydrogen-bond donors (Lipinski definition) is 1. The first-order chi connectivity index (χ1) is 13.0. The number of nitrogens with zero attached hydrogens (tertiary/aromatic N) is 4. The van der Waals surface area contributed by atoms with E-state index < -0.39 is 6.10 Å².